The number of aryl methyl sites for hydroxylation is 1. The Morgan fingerprint density at radius 3 is 2.77 bits per heavy atom. The van der Waals surface area contributed by atoms with E-state index in [0.717, 1.165) is 25.3 Å². The predicted octanol–water partition coefficient (Wildman–Crippen LogP) is 2.51. The topological polar surface area (TPSA) is 45.7 Å². The van der Waals surface area contributed by atoms with E-state index in [1.807, 2.05) is 30.0 Å². The van der Waals surface area contributed by atoms with Crippen LogP contribution in [0.3, 0.4) is 0 Å². The highest BCUT2D eigenvalue weighted by Gasteiger charge is 2.52. The van der Waals surface area contributed by atoms with Gasteiger partial charge in [0, 0.05) is 24.5 Å². The van der Waals surface area contributed by atoms with Crippen LogP contribution in [0.5, 0.6) is 0 Å². The first-order valence-electron chi connectivity index (χ1n) is 9.15. The SMILES string of the molecule is Cc1ncccc1C(=O)N1CC2(CC(N(C)Cc3ccccc3)CO2)C1. The zero-order chi connectivity index (χ0) is 18.1. The van der Waals surface area contributed by atoms with Crippen LogP contribution in [0.25, 0.3) is 0 Å². The largest absolute Gasteiger partial charge is 0.370 e. The summed E-state index contributed by atoms with van der Waals surface area (Å²) in [5.74, 6) is 0.0610. The lowest BCUT2D eigenvalue weighted by atomic mass is 9.88. The third-order valence-electron chi connectivity index (χ3n) is 5.57. The molecule has 2 aliphatic rings. The lowest BCUT2D eigenvalue weighted by molar-refractivity contribution is -0.0951. The first kappa shape index (κ1) is 17.2. The van der Waals surface area contributed by atoms with Crippen LogP contribution in [-0.4, -0.2) is 59.1 Å². The van der Waals surface area contributed by atoms with Crippen LogP contribution in [0.2, 0.25) is 0 Å². The van der Waals surface area contributed by atoms with E-state index in [0.29, 0.717) is 24.7 Å². The van der Waals surface area contributed by atoms with Crippen molar-refractivity contribution in [2.75, 3.05) is 26.7 Å². The molecule has 2 fully saturated rings. The lowest BCUT2D eigenvalue weighted by Gasteiger charge is -2.47. The van der Waals surface area contributed by atoms with Crippen LogP contribution in [0.4, 0.5) is 0 Å². The van der Waals surface area contributed by atoms with Crippen molar-refractivity contribution >= 4 is 5.91 Å². The molecule has 1 spiro atoms. The third kappa shape index (κ3) is 3.24. The maximum absolute atomic E-state index is 12.7. The van der Waals surface area contributed by atoms with E-state index in [1.165, 1.54) is 5.56 Å². The molecule has 5 heteroatoms. The Balaban J connectivity index is 1.34. The number of pyridine rings is 1. The Bertz CT molecular complexity index is 787. The highest BCUT2D eigenvalue weighted by atomic mass is 16.5. The molecule has 136 valence electrons. The van der Waals surface area contributed by atoms with E-state index in [4.69, 9.17) is 4.74 Å². The zero-order valence-corrected chi connectivity index (χ0v) is 15.4. The Morgan fingerprint density at radius 1 is 1.27 bits per heavy atom. The number of likely N-dealkylation sites (N-methyl/N-ethyl adjacent to an activating group) is 1. The van der Waals surface area contributed by atoms with Gasteiger partial charge in [-0.2, -0.15) is 0 Å². The first-order valence-corrected chi connectivity index (χ1v) is 9.15. The van der Waals surface area contributed by atoms with Crippen molar-refractivity contribution in [3.8, 4) is 0 Å². The molecule has 1 atom stereocenters. The van der Waals surface area contributed by atoms with Crippen molar-refractivity contribution < 1.29 is 9.53 Å². The Kier molecular flexibility index (Phi) is 4.51. The minimum absolute atomic E-state index is 0.0610. The fourth-order valence-electron chi connectivity index (χ4n) is 4.00. The van der Waals surface area contributed by atoms with E-state index in [-0.39, 0.29) is 11.5 Å². The Morgan fingerprint density at radius 2 is 2.04 bits per heavy atom. The summed E-state index contributed by atoms with van der Waals surface area (Å²) in [5, 5.41) is 0. The van der Waals surface area contributed by atoms with Crippen LogP contribution in [0.15, 0.2) is 48.7 Å². The number of carbonyl (C=O) groups excluding carboxylic acids is 1. The second kappa shape index (κ2) is 6.82. The summed E-state index contributed by atoms with van der Waals surface area (Å²) in [6, 6.07) is 14.6. The molecule has 0 radical (unpaired) electrons. The molecule has 2 aliphatic heterocycles. The van der Waals surface area contributed by atoms with Gasteiger partial charge in [0.1, 0.15) is 5.60 Å². The number of aromatic nitrogens is 1. The fourth-order valence-corrected chi connectivity index (χ4v) is 4.00. The number of ether oxygens (including phenoxy) is 1. The third-order valence-corrected chi connectivity index (χ3v) is 5.57. The summed E-state index contributed by atoms with van der Waals surface area (Å²) in [6.45, 7) is 4.88. The van der Waals surface area contributed by atoms with Gasteiger partial charge < -0.3 is 9.64 Å². The summed E-state index contributed by atoms with van der Waals surface area (Å²) in [5.41, 5.74) is 2.62. The van der Waals surface area contributed by atoms with E-state index < -0.39 is 0 Å². The number of hydrogen-bond acceptors (Lipinski definition) is 4. The number of likely N-dealkylation sites (tertiary alicyclic amines) is 1. The number of benzene rings is 1. The van der Waals surface area contributed by atoms with Crippen LogP contribution in [0, 0.1) is 6.92 Å². The van der Waals surface area contributed by atoms with Gasteiger partial charge in [-0.05, 0) is 38.1 Å². The second-order valence-electron chi connectivity index (χ2n) is 7.55. The van der Waals surface area contributed by atoms with Crippen molar-refractivity contribution in [2.45, 2.75) is 31.5 Å². The molecule has 26 heavy (non-hydrogen) atoms. The van der Waals surface area contributed by atoms with Crippen molar-refractivity contribution in [3.05, 3.63) is 65.5 Å². The van der Waals surface area contributed by atoms with Gasteiger partial charge in [-0.25, -0.2) is 0 Å². The van der Waals surface area contributed by atoms with E-state index >= 15 is 0 Å². The average Bonchev–Trinajstić information content (AvgIpc) is 3.07. The molecule has 5 nitrogen and oxygen atoms in total. The van der Waals surface area contributed by atoms with Gasteiger partial charge in [0.2, 0.25) is 0 Å². The smallest absolute Gasteiger partial charge is 0.255 e. The summed E-state index contributed by atoms with van der Waals surface area (Å²) in [4.78, 5) is 21.1. The van der Waals surface area contributed by atoms with Crippen LogP contribution < -0.4 is 0 Å². The molecule has 0 saturated carbocycles. The zero-order valence-electron chi connectivity index (χ0n) is 15.4. The predicted molar refractivity (Wildman–Crippen MR) is 99.9 cm³/mol. The molecule has 1 aromatic heterocycles. The number of amides is 1. The molecular weight excluding hydrogens is 326 g/mol. The molecule has 3 heterocycles. The highest BCUT2D eigenvalue weighted by Crippen LogP contribution is 2.37. The average molecular weight is 351 g/mol. The van der Waals surface area contributed by atoms with Gasteiger partial charge in [0.25, 0.3) is 5.91 Å². The molecule has 0 N–H and O–H groups in total. The minimum Gasteiger partial charge on any atom is -0.370 e. The second-order valence-corrected chi connectivity index (χ2v) is 7.55. The summed E-state index contributed by atoms with van der Waals surface area (Å²) >= 11 is 0. The number of carbonyl (C=O) groups is 1. The molecule has 1 aromatic carbocycles. The standard InChI is InChI=1S/C21H25N3O2/c1-16-19(9-6-10-22-16)20(25)24-14-21(15-24)11-18(13-26-21)23(2)12-17-7-4-3-5-8-17/h3-10,18H,11-15H2,1-2H3. The molecule has 2 saturated heterocycles. The van der Waals surface area contributed by atoms with Crippen molar-refractivity contribution in [3.63, 3.8) is 0 Å². The number of rotatable bonds is 4. The maximum Gasteiger partial charge on any atom is 0.255 e. The minimum atomic E-state index is -0.165. The van der Waals surface area contributed by atoms with Crippen molar-refractivity contribution in [1.29, 1.82) is 0 Å². The van der Waals surface area contributed by atoms with E-state index in [9.17, 15) is 4.79 Å². The van der Waals surface area contributed by atoms with Gasteiger partial charge in [0.05, 0.1) is 25.3 Å². The Hall–Kier alpha value is -2.24. The molecule has 1 unspecified atom stereocenters. The van der Waals surface area contributed by atoms with E-state index in [1.54, 1.807) is 6.20 Å². The molecular formula is C21H25N3O2. The molecule has 2 aromatic rings. The van der Waals surface area contributed by atoms with E-state index in [2.05, 4.69) is 41.2 Å². The van der Waals surface area contributed by atoms with Gasteiger partial charge in [-0.3, -0.25) is 14.7 Å². The quantitative estimate of drug-likeness (QED) is 0.849. The molecule has 4 rings (SSSR count). The molecule has 0 aliphatic carbocycles. The van der Waals surface area contributed by atoms with Gasteiger partial charge >= 0.3 is 0 Å². The van der Waals surface area contributed by atoms with Crippen molar-refractivity contribution in [1.82, 2.24) is 14.8 Å². The Labute approximate surface area is 154 Å². The number of nitrogens with zero attached hydrogens (tertiary/aromatic N) is 3. The summed E-state index contributed by atoms with van der Waals surface area (Å²) < 4.78 is 6.14. The van der Waals surface area contributed by atoms with Gasteiger partial charge in [-0.1, -0.05) is 30.3 Å². The molecule has 0 bridgehead atoms. The van der Waals surface area contributed by atoms with Gasteiger partial charge in [0.15, 0.2) is 0 Å². The fraction of sp³-hybridized carbons (Fsp3) is 0.429. The maximum atomic E-state index is 12.7. The van der Waals surface area contributed by atoms with Crippen LogP contribution in [0.1, 0.15) is 28.0 Å². The normalized spacial score (nSPS) is 21.2. The van der Waals surface area contributed by atoms with Gasteiger partial charge in [-0.15, -0.1) is 0 Å². The van der Waals surface area contributed by atoms with Crippen molar-refractivity contribution in [2.24, 2.45) is 0 Å². The monoisotopic (exact) mass is 351 g/mol. The highest BCUT2D eigenvalue weighted by molar-refractivity contribution is 5.95. The summed E-state index contributed by atoms with van der Waals surface area (Å²) in [6.07, 6.45) is 2.70. The molecule has 1 amide bonds. The lowest BCUT2D eigenvalue weighted by Crippen LogP contribution is -2.63. The number of hydrogen-bond donors (Lipinski definition) is 0. The van der Waals surface area contributed by atoms with Crippen LogP contribution >= 0.6 is 0 Å². The summed E-state index contributed by atoms with van der Waals surface area (Å²) in [7, 11) is 2.15. The van der Waals surface area contributed by atoms with Crippen LogP contribution in [-0.2, 0) is 11.3 Å². The first-order chi connectivity index (χ1) is 12.6.